The molecule has 0 bridgehead atoms. The summed E-state index contributed by atoms with van der Waals surface area (Å²) < 4.78 is 10.8. The zero-order valence-corrected chi connectivity index (χ0v) is 11.6. The van der Waals surface area contributed by atoms with Crippen molar-refractivity contribution in [2.75, 3.05) is 26.8 Å². The molecule has 1 fully saturated rings. The molecule has 0 unspecified atom stereocenters. The van der Waals surface area contributed by atoms with E-state index in [1.54, 1.807) is 19.5 Å². The zero-order chi connectivity index (χ0) is 13.3. The molecule has 1 saturated heterocycles. The second kappa shape index (κ2) is 8.07. The standard InChI is InChI=1S/C14H23N3O2/c1-18-14-13(16-7-8-17-14)11-19-9-3-5-12-4-2-6-15-10-12/h7-8,12,15H,2-6,9-11H2,1H3/t12-/m0/s1. The number of rotatable bonds is 7. The molecule has 1 aliphatic rings. The lowest BCUT2D eigenvalue weighted by Crippen LogP contribution is -2.29. The molecule has 5 heteroatoms. The summed E-state index contributed by atoms with van der Waals surface area (Å²) in [6, 6.07) is 0. The first kappa shape index (κ1) is 14.2. The number of nitrogens with zero attached hydrogens (tertiary/aromatic N) is 2. The van der Waals surface area contributed by atoms with Crippen LogP contribution in [0.3, 0.4) is 0 Å². The fourth-order valence-corrected chi connectivity index (χ4v) is 2.44. The Bertz CT molecular complexity index is 367. The van der Waals surface area contributed by atoms with Crippen molar-refractivity contribution in [3.05, 3.63) is 18.1 Å². The van der Waals surface area contributed by atoms with E-state index in [1.807, 2.05) is 0 Å². The molecular formula is C14H23N3O2. The van der Waals surface area contributed by atoms with Crippen LogP contribution in [-0.4, -0.2) is 36.8 Å². The first-order chi connectivity index (χ1) is 9.40. The fourth-order valence-electron chi connectivity index (χ4n) is 2.44. The normalized spacial score (nSPS) is 19.3. The highest BCUT2D eigenvalue weighted by Gasteiger charge is 2.12. The van der Waals surface area contributed by atoms with Crippen molar-refractivity contribution < 1.29 is 9.47 Å². The first-order valence-electron chi connectivity index (χ1n) is 7.02. The molecule has 5 nitrogen and oxygen atoms in total. The third kappa shape index (κ3) is 4.76. The van der Waals surface area contributed by atoms with Crippen LogP contribution in [0.1, 0.15) is 31.4 Å². The minimum absolute atomic E-state index is 0.472. The number of hydrogen-bond donors (Lipinski definition) is 1. The van der Waals surface area contributed by atoms with E-state index in [2.05, 4.69) is 15.3 Å². The molecule has 0 aliphatic carbocycles. The Hall–Kier alpha value is -1.20. The van der Waals surface area contributed by atoms with Crippen molar-refractivity contribution in [1.82, 2.24) is 15.3 Å². The van der Waals surface area contributed by atoms with Crippen LogP contribution in [0.2, 0.25) is 0 Å². The highest BCUT2D eigenvalue weighted by molar-refractivity contribution is 5.15. The molecule has 1 aromatic heterocycles. The van der Waals surface area contributed by atoms with Crippen molar-refractivity contribution in [1.29, 1.82) is 0 Å². The van der Waals surface area contributed by atoms with E-state index >= 15 is 0 Å². The largest absolute Gasteiger partial charge is 0.480 e. The zero-order valence-electron chi connectivity index (χ0n) is 11.6. The minimum Gasteiger partial charge on any atom is -0.480 e. The van der Waals surface area contributed by atoms with Gasteiger partial charge in [0.15, 0.2) is 0 Å². The van der Waals surface area contributed by atoms with Gasteiger partial charge < -0.3 is 14.8 Å². The molecule has 1 atom stereocenters. The number of hydrogen-bond acceptors (Lipinski definition) is 5. The van der Waals surface area contributed by atoms with Crippen LogP contribution in [-0.2, 0) is 11.3 Å². The van der Waals surface area contributed by atoms with Crippen molar-refractivity contribution >= 4 is 0 Å². The highest BCUT2D eigenvalue weighted by Crippen LogP contribution is 2.16. The summed E-state index contributed by atoms with van der Waals surface area (Å²) >= 11 is 0. The number of piperidine rings is 1. The van der Waals surface area contributed by atoms with Gasteiger partial charge in [0, 0.05) is 19.0 Å². The van der Waals surface area contributed by atoms with Gasteiger partial charge in [-0.15, -0.1) is 0 Å². The molecule has 1 aromatic rings. The quantitative estimate of drug-likeness (QED) is 0.762. The second-order valence-corrected chi connectivity index (χ2v) is 4.92. The van der Waals surface area contributed by atoms with Gasteiger partial charge in [-0.2, -0.15) is 0 Å². The summed E-state index contributed by atoms with van der Waals surface area (Å²) in [6.07, 6.45) is 8.29. The van der Waals surface area contributed by atoms with Gasteiger partial charge in [0.1, 0.15) is 5.69 Å². The van der Waals surface area contributed by atoms with Crippen molar-refractivity contribution in [2.45, 2.75) is 32.3 Å². The third-order valence-electron chi connectivity index (χ3n) is 3.47. The van der Waals surface area contributed by atoms with Crippen LogP contribution in [0.25, 0.3) is 0 Å². The highest BCUT2D eigenvalue weighted by atomic mass is 16.5. The molecule has 0 saturated carbocycles. The van der Waals surface area contributed by atoms with E-state index in [-0.39, 0.29) is 0 Å². The van der Waals surface area contributed by atoms with Crippen LogP contribution in [0.4, 0.5) is 0 Å². The van der Waals surface area contributed by atoms with Crippen LogP contribution in [0, 0.1) is 5.92 Å². The van der Waals surface area contributed by atoms with Crippen molar-refractivity contribution in [3.63, 3.8) is 0 Å². The van der Waals surface area contributed by atoms with E-state index in [4.69, 9.17) is 9.47 Å². The number of ether oxygens (including phenoxy) is 2. The first-order valence-corrected chi connectivity index (χ1v) is 7.02. The van der Waals surface area contributed by atoms with Crippen LogP contribution in [0.5, 0.6) is 5.88 Å². The monoisotopic (exact) mass is 265 g/mol. The van der Waals surface area contributed by atoms with E-state index in [9.17, 15) is 0 Å². The Morgan fingerprint density at radius 2 is 2.26 bits per heavy atom. The molecule has 2 heterocycles. The van der Waals surface area contributed by atoms with E-state index in [0.29, 0.717) is 12.5 Å². The van der Waals surface area contributed by atoms with Gasteiger partial charge in [-0.25, -0.2) is 4.98 Å². The maximum Gasteiger partial charge on any atom is 0.237 e. The van der Waals surface area contributed by atoms with E-state index in [1.165, 1.54) is 25.8 Å². The molecule has 1 N–H and O–H groups in total. The van der Waals surface area contributed by atoms with E-state index < -0.39 is 0 Å². The lowest BCUT2D eigenvalue weighted by Gasteiger charge is -2.22. The van der Waals surface area contributed by atoms with Gasteiger partial charge in [-0.3, -0.25) is 4.98 Å². The molecule has 0 amide bonds. The molecular weight excluding hydrogens is 242 g/mol. The SMILES string of the molecule is COc1nccnc1COCCC[C@@H]1CCCNC1. The van der Waals surface area contributed by atoms with Crippen molar-refractivity contribution in [2.24, 2.45) is 5.92 Å². The van der Waals surface area contributed by atoms with Gasteiger partial charge >= 0.3 is 0 Å². The number of methoxy groups -OCH3 is 1. The lowest BCUT2D eigenvalue weighted by molar-refractivity contribution is 0.107. The summed E-state index contributed by atoms with van der Waals surface area (Å²) in [6.45, 7) is 3.59. The Morgan fingerprint density at radius 1 is 1.37 bits per heavy atom. The fraction of sp³-hybridized carbons (Fsp3) is 0.714. The molecule has 1 aliphatic heterocycles. The topological polar surface area (TPSA) is 56.3 Å². The van der Waals surface area contributed by atoms with Crippen LogP contribution < -0.4 is 10.1 Å². The Labute approximate surface area is 114 Å². The maximum atomic E-state index is 5.65. The minimum atomic E-state index is 0.472. The molecule has 0 aromatic carbocycles. The summed E-state index contributed by atoms with van der Waals surface area (Å²) in [5.74, 6) is 1.38. The predicted octanol–water partition coefficient (Wildman–Crippen LogP) is 1.78. The second-order valence-electron chi connectivity index (χ2n) is 4.92. The van der Waals surface area contributed by atoms with Crippen molar-refractivity contribution in [3.8, 4) is 5.88 Å². The average Bonchev–Trinajstić information content (AvgIpc) is 2.48. The maximum absolute atomic E-state index is 5.65. The Balaban J connectivity index is 1.61. The Kier molecular flexibility index (Phi) is 6.04. The van der Waals surface area contributed by atoms with Gasteiger partial charge in [0.25, 0.3) is 0 Å². The lowest BCUT2D eigenvalue weighted by atomic mass is 9.95. The molecule has 0 radical (unpaired) electrons. The van der Waals surface area contributed by atoms with Gasteiger partial charge in [-0.1, -0.05) is 0 Å². The summed E-state index contributed by atoms with van der Waals surface area (Å²) in [5.41, 5.74) is 0.768. The van der Waals surface area contributed by atoms with Gasteiger partial charge in [0.2, 0.25) is 5.88 Å². The Morgan fingerprint density at radius 3 is 3.05 bits per heavy atom. The summed E-state index contributed by atoms with van der Waals surface area (Å²) in [4.78, 5) is 8.31. The molecule has 106 valence electrons. The molecule has 2 rings (SSSR count). The number of aromatic nitrogens is 2. The average molecular weight is 265 g/mol. The van der Waals surface area contributed by atoms with E-state index in [0.717, 1.165) is 31.2 Å². The molecule has 0 spiro atoms. The number of nitrogens with one attached hydrogen (secondary N) is 1. The predicted molar refractivity (Wildman–Crippen MR) is 73.1 cm³/mol. The smallest absolute Gasteiger partial charge is 0.237 e. The molecule has 19 heavy (non-hydrogen) atoms. The van der Waals surface area contributed by atoms with Gasteiger partial charge in [-0.05, 0) is 44.7 Å². The van der Waals surface area contributed by atoms with Crippen LogP contribution >= 0.6 is 0 Å². The van der Waals surface area contributed by atoms with Crippen LogP contribution in [0.15, 0.2) is 12.4 Å². The summed E-state index contributed by atoms with van der Waals surface area (Å²) in [5, 5.41) is 3.44. The van der Waals surface area contributed by atoms with Gasteiger partial charge in [0.05, 0.1) is 13.7 Å². The third-order valence-corrected chi connectivity index (χ3v) is 3.47. The summed E-state index contributed by atoms with van der Waals surface area (Å²) in [7, 11) is 1.60.